The lowest BCUT2D eigenvalue weighted by Gasteiger charge is -2.34. The van der Waals surface area contributed by atoms with Crippen LogP contribution < -0.4 is 5.32 Å². The third-order valence-corrected chi connectivity index (χ3v) is 5.04. The lowest BCUT2D eigenvalue weighted by atomic mass is 9.71. The maximum Gasteiger partial charge on any atom is 0.412 e. The molecule has 1 aliphatic rings. The number of alkyl halides is 3. The van der Waals surface area contributed by atoms with Crippen LogP contribution in [0.1, 0.15) is 45.1 Å². The van der Waals surface area contributed by atoms with Crippen LogP contribution in [-0.4, -0.2) is 35.5 Å². The number of benzene rings is 1. The molecule has 6 nitrogen and oxygen atoms in total. The highest BCUT2D eigenvalue weighted by Gasteiger charge is 2.37. The van der Waals surface area contributed by atoms with Gasteiger partial charge in [0.25, 0.3) is 0 Å². The lowest BCUT2D eigenvalue weighted by Crippen LogP contribution is -2.30. The zero-order valence-corrected chi connectivity index (χ0v) is 17.3. The van der Waals surface area contributed by atoms with Crippen LogP contribution in [0.4, 0.5) is 23.7 Å². The largest absolute Gasteiger partial charge is 0.469 e. The van der Waals surface area contributed by atoms with Crippen LogP contribution in [0.2, 0.25) is 0 Å². The van der Waals surface area contributed by atoms with Crippen LogP contribution in [-0.2, 0) is 20.8 Å². The molecule has 0 radical (unpaired) electrons. The number of carbonyl (C=O) groups excluding carboxylic acids is 2. The molecule has 30 heavy (non-hydrogen) atoms. The Morgan fingerprint density at radius 2 is 1.87 bits per heavy atom. The molecule has 1 fully saturated rings. The van der Waals surface area contributed by atoms with E-state index in [0.29, 0.717) is 29.4 Å². The number of fused-ring (bicyclic) bond motifs is 1. The predicted octanol–water partition coefficient (Wildman–Crippen LogP) is 5.22. The van der Waals surface area contributed by atoms with E-state index < -0.39 is 24.4 Å². The Hall–Kier alpha value is -2.71. The second-order valence-corrected chi connectivity index (χ2v) is 8.58. The molecule has 0 saturated heterocycles. The summed E-state index contributed by atoms with van der Waals surface area (Å²) in [4.78, 5) is 23.9. The van der Waals surface area contributed by atoms with Gasteiger partial charge in [-0.1, -0.05) is 0 Å². The molecule has 1 N–H and O–H groups in total. The molecular weight excluding hydrogens is 401 g/mol. The fraction of sp³-hybridized carbons (Fsp3) is 0.524. The van der Waals surface area contributed by atoms with Crippen molar-refractivity contribution in [2.45, 2.75) is 57.9 Å². The highest BCUT2D eigenvalue weighted by molar-refractivity contribution is 6.00. The number of nitrogens with zero attached hydrogens (tertiary/aromatic N) is 1. The first-order valence-corrected chi connectivity index (χ1v) is 9.63. The topological polar surface area (TPSA) is 69.6 Å². The van der Waals surface area contributed by atoms with Gasteiger partial charge in [0.2, 0.25) is 0 Å². The monoisotopic (exact) mass is 426 g/mol. The molecule has 1 saturated carbocycles. The Morgan fingerprint density at radius 3 is 2.43 bits per heavy atom. The van der Waals surface area contributed by atoms with E-state index in [2.05, 4.69) is 5.32 Å². The van der Waals surface area contributed by atoms with Crippen molar-refractivity contribution < 1.29 is 32.2 Å². The second kappa shape index (κ2) is 7.85. The normalized spacial score (nSPS) is 19.3. The molecule has 0 bridgehead atoms. The van der Waals surface area contributed by atoms with E-state index in [1.165, 1.54) is 19.4 Å². The van der Waals surface area contributed by atoms with Gasteiger partial charge in [0.1, 0.15) is 12.1 Å². The standard InChI is InChI=1S/C21H25F3N2O4/c1-20(2,3)30-19(28)25-16-9-13(12-7-14(8-12)18(27)29-4)10-17-15(16)5-6-26(17)11-21(22,23)24/h5-6,9-10,12,14H,7-8,11H2,1-4H3,(H,25,28). The van der Waals surface area contributed by atoms with Crippen molar-refractivity contribution in [3.05, 3.63) is 30.0 Å². The van der Waals surface area contributed by atoms with Gasteiger partial charge in [-0.2, -0.15) is 13.2 Å². The first kappa shape index (κ1) is 22.0. The van der Waals surface area contributed by atoms with Gasteiger partial charge in [-0.05, 0) is 63.3 Å². The lowest BCUT2D eigenvalue weighted by molar-refractivity contribution is -0.149. The molecule has 3 rings (SSSR count). The van der Waals surface area contributed by atoms with Crippen LogP contribution >= 0.6 is 0 Å². The number of carbonyl (C=O) groups is 2. The Balaban J connectivity index is 1.95. The van der Waals surface area contributed by atoms with Gasteiger partial charge in [0.15, 0.2) is 0 Å². The van der Waals surface area contributed by atoms with E-state index in [4.69, 9.17) is 9.47 Å². The maximum atomic E-state index is 13.0. The Morgan fingerprint density at radius 1 is 1.20 bits per heavy atom. The average molecular weight is 426 g/mol. The molecule has 0 spiro atoms. The fourth-order valence-corrected chi connectivity index (χ4v) is 3.65. The van der Waals surface area contributed by atoms with Crippen molar-refractivity contribution in [2.24, 2.45) is 5.92 Å². The smallest absolute Gasteiger partial charge is 0.412 e. The highest BCUT2D eigenvalue weighted by atomic mass is 19.4. The van der Waals surface area contributed by atoms with Crippen LogP contribution in [0.3, 0.4) is 0 Å². The van der Waals surface area contributed by atoms with E-state index in [-0.39, 0.29) is 17.8 Å². The zero-order chi connectivity index (χ0) is 22.3. The number of anilines is 1. The average Bonchev–Trinajstić information content (AvgIpc) is 2.93. The zero-order valence-electron chi connectivity index (χ0n) is 17.3. The van der Waals surface area contributed by atoms with Crippen LogP contribution in [0, 0.1) is 5.92 Å². The Labute approximate surface area is 172 Å². The summed E-state index contributed by atoms with van der Waals surface area (Å²) in [6, 6.07) is 4.97. The maximum absolute atomic E-state index is 13.0. The predicted molar refractivity (Wildman–Crippen MR) is 105 cm³/mol. The summed E-state index contributed by atoms with van der Waals surface area (Å²) in [5.41, 5.74) is 0.775. The van der Waals surface area contributed by atoms with Crippen molar-refractivity contribution >= 4 is 28.7 Å². The summed E-state index contributed by atoms with van der Waals surface area (Å²) in [6.45, 7) is 4.03. The quantitative estimate of drug-likeness (QED) is 0.681. The van der Waals surface area contributed by atoms with Gasteiger partial charge in [-0.25, -0.2) is 4.79 Å². The van der Waals surface area contributed by atoms with E-state index in [1.54, 1.807) is 32.9 Å². The number of hydrogen-bond donors (Lipinski definition) is 1. The molecule has 164 valence electrons. The van der Waals surface area contributed by atoms with Gasteiger partial charge in [-0.3, -0.25) is 10.1 Å². The minimum atomic E-state index is -4.38. The van der Waals surface area contributed by atoms with Crippen molar-refractivity contribution in [1.82, 2.24) is 4.57 Å². The number of methoxy groups -OCH3 is 1. The summed E-state index contributed by atoms with van der Waals surface area (Å²) in [6.07, 6.45) is -2.63. The van der Waals surface area contributed by atoms with Crippen molar-refractivity contribution in [3.63, 3.8) is 0 Å². The molecule has 1 aliphatic carbocycles. The molecular formula is C21H25F3N2O4. The highest BCUT2D eigenvalue weighted by Crippen LogP contribution is 2.44. The fourth-order valence-electron chi connectivity index (χ4n) is 3.65. The van der Waals surface area contributed by atoms with Crippen molar-refractivity contribution in [1.29, 1.82) is 0 Å². The van der Waals surface area contributed by atoms with E-state index in [1.807, 2.05) is 0 Å². The first-order chi connectivity index (χ1) is 13.9. The number of hydrogen-bond acceptors (Lipinski definition) is 4. The molecule has 1 amide bonds. The number of halogens is 3. The molecule has 2 aromatic rings. The van der Waals surface area contributed by atoms with Gasteiger partial charge in [-0.15, -0.1) is 0 Å². The van der Waals surface area contributed by atoms with Gasteiger partial charge in [0, 0.05) is 11.6 Å². The van der Waals surface area contributed by atoms with E-state index in [0.717, 1.165) is 10.1 Å². The molecule has 1 aromatic carbocycles. The summed E-state index contributed by atoms with van der Waals surface area (Å²) in [7, 11) is 1.33. The molecule has 0 unspecified atom stereocenters. The van der Waals surface area contributed by atoms with Crippen LogP contribution in [0.25, 0.3) is 10.9 Å². The van der Waals surface area contributed by atoms with E-state index >= 15 is 0 Å². The first-order valence-electron chi connectivity index (χ1n) is 9.63. The molecule has 1 heterocycles. The molecule has 9 heteroatoms. The summed E-state index contributed by atoms with van der Waals surface area (Å²) >= 11 is 0. The number of rotatable bonds is 4. The summed E-state index contributed by atoms with van der Waals surface area (Å²) in [5.74, 6) is -0.522. The van der Waals surface area contributed by atoms with Crippen LogP contribution in [0.5, 0.6) is 0 Å². The van der Waals surface area contributed by atoms with Gasteiger partial charge in [0.05, 0.1) is 24.2 Å². The third-order valence-electron chi connectivity index (χ3n) is 5.04. The van der Waals surface area contributed by atoms with E-state index in [9.17, 15) is 22.8 Å². The number of esters is 1. The number of amides is 1. The number of aromatic nitrogens is 1. The number of ether oxygens (including phenoxy) is 2. The minimum absolute atomic E-state index is 0.00748. The van der Waals surface area contributed by atoms with Gasteiger partial charge >= 0.3 is 18.2 Å². The SMILES string of the molecule is COC(=O)C1CC(c2cc(NC(=O)OC(C)(C)C)c3ccn(CC(F)(F)F)c3c2)C1. The Kier molecular flexibility index (Phi) is 5.75. The third kappa shape index (κ3) is 5.06. The van der Waals surface area contributed by atoms with Crippen molar-refractivity contribution in [3.8, 4) is 0 Å². The van der Waals surface area contributed by atoms with Crippen LogP contribution in [0.15, 0.2) is 24.4 Å². The molecule has 0 aliphatic heterocycles. The Bertz CT molecular complexity index is 954. The summed E-state index contributed by atoms with van der Waals surface area (Å²) < 4.78 is 50.1. The van der Waals surface area contributed by atoms with Crippen molar-refractivity contribution in [2.75, 3.05) is 12.4 Å². The summed E-state index contributed by atoms with van der Waals surface area (Å²) in [5, 5.41) is 3.14. The molecule has 0 atom stereocenters. The number of nitrogens with one attached hydrogen (secondary N) is 1. The van der Waals surface area contributed by atoms with Gasteiger partial charge < -0.3 is 14.0 Å². The minimum Gasteiger partial charge on any atom is -0.469 e. The second-order valence-electron chi connectivity index (χ2n) is 8.58. The molecule has 1 aromatic heterocycles.